The first kappa shape index (κ1) is 20.0. The summed E-state index contributed by atoms with van der Waals surface area (Å²) in [6.45, 7) is 9.37. The van der Waals surface area contributed by atoms with Crippen LogP contribution in [0.2, 0.25) is 0 Å². The third-order valence-corrected chi connectivity index (χ3v) is 4.07. The molecule has 7 nitrogen and oxygen atoms in total. The molecule has 1 unspecified atom stereocenters. The van der Waals surface area contributed by atoms with Crippen LogP contribution in [0.3, 0.4) is 0 Å². The molecule has 2 N–H and O–H groups in total. The largest absolute Gasteiger partial charge is 0.485 e. The van der Waals surface area contributed by atoms with Gasteiger partial charge >= 0.3 is 5.97 Å². The zero-order valence-corrected chi connectivity index (χ0v) is 16.1. The molecule has 1 aliphatic rings. The van der Waals surface area contributed by atoms with Gasteiger partial charge in [-0.15, -0.1) is 0 Å². The highest BCUT2D eigenvalue weighted by molar-refractivity contribution is 6.07. The molecule has 0 fully saturated rings. The molecule has 3 rings (SSSR count). The van der Waals surface area contributed by atoms with E-state index in [2.05, 4.69) is 23.8 Å². The number of hydrogen-bond donors (Lipinski definition) is 2. The van der Waals surface area contributed by atoms with Gasteiger partial charge in [-0.05, 0) is 43.3 Å². The second kappa shape index (κ2) is 8.97. The third-order valence-electron chi connectivity index (χ3n) is 4.07. The maximum atomic E-state index is 12.8. The van der Waals surface area contributed by atoms with Gasteiger partial charge < -0.3 is 24.8 Å². The third kappa shape index (κ3) is 4.57. The van der Waals surface area contributed by atoms with Gasteiger partial charge in [0, 0.05) is 5.69 Å². The Morgan fingerprint density at radius 1 is 1.14 bits per heavy atom. The molecule has 29 heavy (non-hydrogen) atoms. The minimum absolute atomic E-state index is 0.138. The molecule has 0 saturated heterocycles. The van der Waals surface area contributed by atoms with E-state index >= 15 is 0 Å². The predicted octanol–water partition coefficient (Wildman–Crippen LogP) is 4.00. The van der Waals surface area contributed by atoms with Gasteiger partial charge in [-0.3, -0.25) is 4.79 Å². The first-order chi connectivity index (χ1) is 14.0. The summed E-state index contributed by atoms with van der Waals surface area (Å²) in [6.07, 6.45) is 2.87. The summed E-state index contributed by atoms with van der Waals surface area (Å²) in [6, 6.07) is 9.84. The molecule has 0 aliphatic carbocycles. The Morgan fingerprint density at radius 3 is 2.55 bits per heavy atom. The molecule has 7 heteroatoms. The minimum Gasteiger partial charge on any atom is -0.485 e. The Bertz CT molecular complexity index is 937. The fraction of sp³-hybridized carbons (Fsp3) is 0.182. The maximum Gasteiger partial charge on any atom is 0.338 e. The van der Waals surface area contributed by atoms with Gasteiger partial charge in [0.15, 0.2) is 17.7 Å². The lowest BCUT2D eigenvalue weighted by molar-refractivity contribution is 0.0549. The Morgan fingerprint density at radius 2 is 1.86 bits per heavy atom. The molecule has 1 heterocycles. The summed E-state index contributed by atoms with van der Waals surface area (Å²) >= 11 is 0. The van der Waals surface area contributed by atoms with Crippen LogP contribution in [0.15, 0.2) is 61.7 Å². The molecule has 150 valence electrons. The van der Waals surface area contributed by atoms with Crippen LogP contribution in [0.1, 0.15) is 27.6 Å². The highest BCUT2D eigenvalue weighted by atomic mass is 16.5. The molecule has 1 atom stereocenters. The number of amides is 1. The van der Waals surface area contributed by atoms with E-state index in [9.17, 15) is 9.59 Å². The van der Waals surface area contributed by atoms with E-state index in [-0.39, 0.29) is 25.3 Å². The Hall–Kier alpha value is -3.74. The zero-order valence-electron chi connectivity index (χ0n) is 16.1. The van der Waals surface area contributed by atoms with E-state index in [1.165, 1.54) is 6.08 Å². The van der Waals surface area contributed by atoms with Gasteiger partial charge in [0.05, 0.1) is 16.8 Å². The molecular formula is C22H22N2O5. The Balaban J connectivity index is 1.78. The van der Waals surface area contributed by atoms with Crippen LogP contribution in [0.5, 0.6) is 11.5 Å². The van der Waals surface area contributed by atoms with Crippen molar-refractivity contribution in [1.82, 2.24) is 0 Å². The average Bonchev–Trinajstić information content (AvgIpc) is 3.11. The number of benzene rings is 2. The molecule has 2 aromatic carbocycles. The van der Waals surface area contributed by atoms with Gasteiger partial charge in [-0.25, -0.2) is 4.79 Å². The molecule has 0 bridgehead atoms. The number of rotatable bonds is 8. The second-order valence-electron chi connectivity index (χ2n) is 6.24. The summed E-state index contributed by atoms with van der Waals surface area (Å²) in [7, 11) is 0. The van der Waals surface area contributed by atoms with Gasteiger partial charge in [0.1, 0.15) is 13.2 Å². The standard InChI is InChI=1S/C22H22N2O5/c1-4-12-27-19-17(10-11-18-20(19)29-14(3)23-18)21(25)24-16-8-6-15(7-9-16)22(26)28-13-5-2/h4-11,14,23H,1-2,12-13H2,3H3,(H,24,25). The summed E-state index contributed by atoms with van der Waals surface area (Å²) in [5.41, 5.74) is 2.00. The van der Waals surface area contributed by atoms with E-state index in [4.69, 9.17) is 14.2 Å². The predicted molar refractivity (Wildman–Crippen MR) is 111 cm³/mol. The van der Waals surface area contributed by atoms with Crippen LogP contribution in [0.25, 0.3) is 0 Å². The van der Waals surface area contributed by atoms with Gasteiger partial charge in [0.25, 0.3) is 5.91 Å². The molecule has 1 amide bonds. The molecule has 1 aliphatic heterocycles. The summed E-state index contributed by atoms with van der Waals surface area (Å²) in [5.74, 6) is 0.0194. The van der Waals surface area contributed by atoms with Crippen molar-refractivity contribution in [2.75, 3.05) is 23.8 Å². The van der Waals surface area contributed by atoms with Crippen molar-refractivity contribution < 1.29 is 23.8 Å². The number of anilines is 2. The highest BCUT2D eigenvalue weighted by Crippen LogP contribution is 2.43. The maximum absolute atomic E-state index is 12.8. The summed E-state index contributed by atoms with van der Waals surface area (Å²) in [4.78, 5) is 24.7. The van der Waals surface area contributed by atoms with Crippen molar-refractivity contribution in [2.24, 2.45) is 0 Å². The monoisotopic (exact) mass is 394 g/mol. The van der Waals surface area contributed by atoms with Crippen LogP contribution >= 0.6 is 0 Å². The van der Waals surface area contributed by atoms with Crippen molar-refractivity contribution >= 4 is 23.3 Å². The lowest BCUT2D eigenvalue weighted by Gasteiger charge is -2.14. The topological polar surface area (TPSA) is 85.9 Å². The van der Waals surface area contributed by atoms with Crippen molar-refractivity contribution in [1.29, 1.82) is 0 Å². The smallest absolute Gasteiger partial charge is 0.338 e. The quantitative estimate of drug-likeness (QED) is 0.520. The van der Waals surface area contributed by atoms with Crippen LogP contribution in [-0.2, 0) is 4.74 Å². The van der Waals surface area contributed by atoms with E-state index in [0.29, 0.717) is 28.3 Å². The lowest BCUT2D eigenvalue weighted by atomic mass is 10.1. The van der Waals surface area contributed by atoms with Crippen LogP contribution in [0.4, 0.5) is 11.4 Å². The molecule has 0 radical (unpaired) electrons. The first-order valence-corrected chi connectivity index (χ1v) is 9.06. The van der Waals surface area contributed by atoms with Crippen LogP contribution in [-0.4, -0.2) is 31.3 Å². The normalized spacial score (nSPS) is 14.0. The van der Waals surface area contributed by atoms with E-state index in [1.807, 2.05) is 6.92 Å². The SMILES string of the molecule is C=CCOC(=O)c1ccc(NC(=O)c2ccc3c(c2OCC=C)OC(C)N3)cc1. The number of carbonyl (C=O) groups excluding carboxylic acids is 2. The Kier molecular flexibility index (Phi) is 6.19. The summed E-state index contributed by atoms with van der Waals surface area (Å²) < 4.78 is 16.4. The minimum atomic E-state index is -0.458. The van der Waals surface area contributed by atoms with Crippen molar-refractivity contribution in [3.05, 3.63) is 72.8 Å². The number of ether oxygens (including phenoxy) is 3. The number of fused-ring (bicyclic) bond motifs is 1. The Labute approximate surface area is 169 Å². The highest BCUT2D eigenvalue weighted by Gasteiger charge is 2.27. The molecule has 2 aromatic rings. The average molecular weight is 394 g/mol. The number of nitrogens with one attached hydrogen (secondary N) is 2. The second-order valence-corrected chi connectivity index (χ2v) is 6.24. The van der Waals surface area contributed by atoms with Gasteiger partial charge in [-0.1, -0.05) is 25.3 Å². The van der Waals surface area contributed by atoms with E-state index in [0.717, 1.165) is 5.69 Å². The lowest BCUT2D eigenvalue weighted by Crippen LogP contribution is -2.15. The number of carbonyl (C=O) groups is 2. The first-order valence-electron chi connectivity index (χ1n) is 9.06. The summed E-state index contributed by atoms with van der Waals surface area (Å²) in [5, 5.41) is 5.95. The molecular weight excluding hydrogens is 372 g/mol. The van der Waals surface area contributed by atoms with Crippen molar-refractivity contribution in [3.8, 4) is 11.5 Å². The zero-order chi connectivity index (χ0) is 20.8. The van der Waals surface area contributed by atoms with Crippen LogP contribution < -0.4 is 20.1 Å². The number of esters is 1. The fourth-order valence-corrected chi connectivity index (χ4v) is 2.79. The van der Waals surface area contributed by atoms with E-state index < -0.39 is 5.97 Å². The van der Waals surface area contributed by atoms with E-state index in [1.54, 1.807) is 42.5 Å². The van der Waals surface area contributed by atoms with Gasteiger partial charge in [-0.2, -0.15) is 0 Å². The van der Waals surface area contributed by atoms with Crippen molar-refractivity contribution in [3.63, 3.8) is 0 Å². The van der Waals surface area contributed by atoms with Gasteiger partial charge in [0.2, 0.25) is 0 Å². The number of hydrogen-bond acceptors (Lipinski definition) is 6. The molecule has 0 saturated carbocycles. The van der Waals surface area contributed by atoms with Crippen molar-refractivity contribution in [2.45, 2.75) is 13.2 Å². The fourth-order valence-electron chi connectivity index (χ4n) is 2.79. The molecule has 0 aromatic heterocycles. The van der Waals surface area contributed by atoms with Crippen LogP contribution in [0, 0.1) is 0 Å². The molecule has 0 spiro atoms.